The lowest BCUT2D eigenvalue weighted by Gasteiger charge is -2.37. The normalized spacial score (nSPS) is 24.3. The zero-order valence-electron chi connectivity index (χ0n) is 18.5. The van der Waals surface area contributed by atoms with E-state index in [-0.39, 0.29) is 48.3 Å². The van der Waals surface area contributed by atoms with Gasteiger partial charge in [-0.25, -0.2) is 0 Å². The number of piperidine rings is 1. The van der Waals surface area contributed by atoms with Crippen LogP contribution < -0.4 is 16.0 Å². The Morgan fingerprint density at radius 3 is 2.66 bits per heavy atom. The molecule has 0 saturated carbocycles. The molecule has 0 unspecified atom stereocenters. The van der Waals surface area contributed by atoms with Gasteiger partial charge in [0, 0.05) is 24.2 Å². The molecular weight excluding hydrogens is 481 g/mol. The van der Waals surface area contributed by atoms with Crippen molar-refractivity contribution in [2.24, 2.45) is 0 Å². The van der Waals surface area contributed by atoms with Crippen molar-refractivity contribution in [2.75, 3.05) is 23.5 Å². The van der Waals surface area contributed by atoms with Crippen LogP contribution in [0.25, 0.3) is 11.1 Å². The van der Waals surface area contributed by atoms with Crippen LogP contribution in [0.15, 0.2) is 42.5 Å². The van der Waals surface area contributed by atoms with Crippen LogP contribution in [0.4, 0.5) is 18.9 Å². The predicted molar refractivity (Wildman–Crippen MR) is 126 cm³/mol. The molecule has 0 spiro atoms. The molecule has 2 aromatic carbocycles. The Balaban J connectivity index is 1.37. The zero-order chi connectivity index (χ0) is 24.7. The lowest BCUT2D eigenvalue weighted by molar-refractivity contribution is -0.137. The summed E-state index contributed by atoms with van der Waals surface area (Å²) in [5, 5.41) is 8.89. The van der Waals surface area contributed by atoms with E-state index in [0.717, 1.165) is 18.0 Å². The molecule has 5 rings (SSSR count). The van der Waals surface area contributed by atoms with Crippen LogP contribution in [0.1, 0.15) is 28.8 Å². The van der Waals surface area contributed by atoms with Crippen LogP contribution in [0.5, 0.6) is 0 Å². The van der Waals surface area contributed by atoms with Gasteiger partial charge >= 0.3 is 6.18 Å². The quantitative estimate of drug-likeness (QED) is 0.598. The Hall–Kier alpha value is -3.05. The number of alkyl halides is 3. The van der Waals surface area contributed by atoms with E-state index in [1.807, 2.05) is 0 Å². The molecule has 11 heteroatoms. The van der Waals surface area contributed by atoms with Crippen molar-refractivity contribution >= 4 is 35.2 Å². The Bertz CT molecular complexity index is 1180. The average Bonchev–Trinajstić information content (AvgIpc) is 3.36. The number of carbonyl (C=O) groups excluding carboxylic acids is 3. The number of fused-ring (bicyclic) bond motifs is 2. The van der Waals surface area contributed by atoms with Crippen molar-refractivity contribution in [3.05, 3.63) is 53.6 Å². The Morgan fingerprint density at radius 2 is 1.91 bits per heavy atom. The van der Waals surface area contributed by atoms with E-state index in [9.17, 15) is 27.6 Å². The number of hydrogen-bond donors (Lipinski definition) is 3. The van der Waals surface area contributed by atoms with Crippen LogP contribution in [0, 0.1) is 0 Å². The van der Waals surface area contributed by atoms with Crippen LogP contribution in [-0.2, 0) is 15.8 Å². The molecule has 3 atom stereocenters. The summed E-state index contributed by atoms with van der Waals surface area (Å²) in [6.07, 6.45) is -3.69. The molecule has 184 valence electrons. The largest absolute Gasteiger partial charge is 0.416 e. The fraction of sp³-hybridized carbons (Fsp3) is 0.375. The molecule has 35 heavy (non-hydrogen) atoms. The number of hydrogen-bond acceptors (Lipinski definition) is 5. The van der Waals surface area contributed by atoms with E-state index in [1.165, 1.54) is 17.0 Å². The second kappa shape index (κ2) is 9.19. The minimum Gasteiger partial charge on any atom is -0.352 e. The molecule has 0 aromatic heterocycles. The van der Waals surface area contributed by atoms with Gasteiger partial charge in [0.05, 0.1) is 22.9 Å². The molecule has 2 fully saturated rings. The van der Waals surface area contributed by atoms with Gasteiger partial charge in [-0.1, -0.05) is 18.2 Å². The number of amides is 3. The van der Waals surface area contributed by atoms with Gasteiger partial charge in [0.1, 0.15) is 6.04 Å². The summed E-state index contributed by atoms with van der Waals surface area (Å²) in [5.74, 6) is 0.587. The van der Waals surface area contributed by atoms with Crippen LogP contribution >= 0.6 is 11.8 Å². The molecule has 3 aliphatic heterocycles. The summed E-state index contributed by atoms with van der Waals surface area (Å²) in [4.78, 5) is 40.4. The monoisotopic (exact) mass is 504 g/mol. The highest BCUT2D eigenvalue weighted by Gasteiger charge is 2.41. The molecule has 2 aromatic rings. The third-order valence-electron chi connectivity index (χ3n) is 6.58. The maximum absolute atomic E-state index is 13.4. The molecular formula is C24H23F3N4O3S. The van der Waals surface area contributed by atoms with Crippen molar-refractivity contribution in [1.29, 1.82) is 0 Å². The van der Waals surface area contributed by atoms with Crippen molar-refractivity contribution in [2.45, 2.75) is 37.1 Å². The van der Waals surface area contributed by atoms with Gasteiger partial charge in [0.15, 0.2) is 0 Å². The molecule has 3 heterocycles. The summed E-state index contributed by atoms with van der Waals surface area (Å²) >= 11 is 1.64. The summed E-state index contributed by atoms with van der Waals surface area (Å²) in [7, 11) is 0. The number of anilines is 1. The van der Waals surface area contributed by atoms with Gasteiger partial charge in [-0.2, -0.15) is 13.2 Å². The third kappa shape index (κ3) is 4.74. The van der Waals surface area contributed by atoms with Crippen LogP contribution in [0.3, 0.4) is 0 Å². The second-order valence-electron chi connectivity index (χ2n) is 8.84. The number of halogens is 3. The molecule has 2 saturated heterocycles. The summed E-state index contributed by atoms with van der Waals surface area (Å²) in [6, 6.07) is 8.29. The number of thioether (sulfide) groups is 1. The van der Waals surface area contributed by atoms with Crippen molar-refractivity contribution in [3.8, 4) is 11.1 Å². The molecule has 3 aliphatic rings. The first-order valence-electron chi connectivity index (χ1n) is 11.3. The average molecular weight is 505 g/mol. The Morgan fingerprint density at radius 1 is 1.11 bits per heavy atom. The van der Waals surface area contributed by atoms with Gasteiger partial charge in [-0.15, -0.1) is 11.8 Å². The van der Waals surface area contributed by atoms with Crippen molar-refractivity contribution in [3.63, 3.8) is 0 Å². The van der Waals surface area contributed by atoms with E-state index >= 15 is 0 Å². The van der Waals surface area contributed by atoms with Gasteiger partial charge in [0.2, 0.25) is 11.8 Å². The van der Waals surface area contributed by atoms with Crippen LogP contribution in [0.2, 0.25) is 0 Å². The van der Waals surface area contributed by atoms with Gasteiger partial charge < -0.3 is 15.5 Å². The summed E-state index contributed by atoms with van der Waals surface area (Å²) in [6.45, 7) is 0.280. The highest BCUT2D eigenvalue weighted by Crippen LogP contribution is 2.35. The summed E-state index contributed by atoms with van der Waals surface area (Å²) < 4.78 is 39.5. The van der Waals surface area contributed by atoms with Crippen LogP contribution in [-0.4, -0.2) is 58.9 Å². The fourth-order valence-corrected chi connectivity index (χ4v) is 5.65. The highest BCUT2D eigenvalue weighted by molar-refractivity contribution is 7.99. The van der Waals surface area contributed by atoms with E-state index in [2.05, 4.69) is 16.0 Å². The summed E-state index contributed by atoms with van der Waals surface area (Å²) in [5.41, 5.74) is 0.533. The lowest BCUT2D eigenvalue weighted by atomic mass is 9.95. The molecule has 0 radical (unpaired) electrons. The van der Waals surface area contributed by atoms with E-state index < -0.39 is 17.8 Å². The first-order valence-corrected chi connectivity index (χ1v) is 12.4. The van der Waals surface area contributed by atoms with Crippen molar-refractivity contribution in [1.82, 2.24) is 15.5 Å². The maximum Gasteiger partial charge on any atom is 0.416 e. The zero-order valence-corrected chi connectivity index (χ0v) is 19.3. The molecule has 0 bridgehead atoms. The Labute approximate surface area is 203 Å². The molecule has 3 N–H and O–H groups in total. The molecule has 7 nitrogen and oxygen atoms in total. The molecule has 3 amide bonds. The number of nitrogens with one attached hydrogen (secondary N) is 3. The standard InChI is InChI=1S/C24H23F3N4O3S/c25-24(26,27)15-3-1-2-13(8-15)14-4-5-18-17(9-14)23(34)31-7-6-16(10-20(31)22(33)30-18)29-21(32)19-11-35-12-28-19/h1-5,8-9,16,19-20,28H,6-7,10-12H2,(H,29,32)(H,30,33)/t16-,19-,20-/m0/s1. The number of carbonyl (C=O) groups is 3. The second-order valence-corrected chi connectivity index (χ2v) is 9.87. The SMILES string of the molecule is O=C(N[C@H]1CCN2C(=O)c3cc(-c4cccc(C(F)(F)F)c4)ccc3NC(=O)[C@@H]2C1)[C@@H]1CSCN1. The molecule has 0 aliphatic carbocycles. The fourth-order valence-electron chi connectivity index (χ4n) is 4.71. The Kier molecular flexibility index (Phi) is 6.22. The van der Waals surface area contributed by atoms with E-state index in [0.29, 0.717) is 29.0 Å². The van der Waals surface area contributed by atoms with E-state index in [4.69, 9.17) is 0 Å². The lowest BCUT2D eigenvalue weighted by Crippen LogP contribution is -2.56. The minimum absolute atomic E-state index is 0.108. The smallest absolute Gasteiger partial charge is 0.352 e. The maximum atomic E-state index is 13.4. The number of benzene rings is 2. The predicted octanol–water partition coefficient (Wildman–Crippen LogP) is 3.08. The number of nitrogens with zero attached hydrogens (tertiary/aromatic N) is 1. The van der Waals surface area contributed by atoms with Gasteiger partial charge in [-0.05, 0) is 48.2 Å². The van der Waals surface area contributed by atoms with E-state index in [1.54, 1.807) is 30.0 Å². The van der Waals surface area contributed by atoms with Gasteiger partial charge in [-0.3, -0.25) is 19.7 Å². The minimum atomic E-state index is -4.48. The number of rotatable bonds is 3. The van der Waals surface area contributed by atoms with Crippen molar-refractivity contribution < 1.29 is 27.6 Å². The van der Waals surface area contributed by atoms with Gasteiger partial charge in [0.25, 0.3) is 5.91 Å². The third-order valence-corrected chi connectivity index (χ3v) is 7.52. The first kappa shape index (κ1) is 23.7. The first-order chi connectivity index (χ1) is 16.7. The topological polar surface area (TPSA) is 90.5 Å². The highest BCUT2D eigenvalue weighted by atomic mass is 32.2.